The summed E-state index contributed by atoms with van der Waals surface area (Å²) in [6.45, 7) is 5.32. The van der Waals surface area contributed by atoms with Gasteiger partial charge >= 0.3 is 0 Å². The second-order valence-corrected chi connectivity index (χ2v) is 9.83. The molecule has 0 aliphatic heterocycles. The maximum absolute atomic E-state index is 12.9. The van der Waals surface area contributed by atoms with Crippen LogP contribution in [-0.4, -0.2) is 34.4 Å². The topological polar surface area (TPSA) is 59.2 Å². The Balaban J connectivity index is 1.84. The van der Waals surface area contributed by atoms with Gasteiger partial charge in [0, 0.05) is 24.8 Å². The number of hydrogen-bond donors (Lipinski definition) is 1. The van der Waals surface area contributed by atoms with Crippen molar-refractivity contribution in [3.63, 3.8) is 0 Å². The third kappa shape index (κ3) is 5.59. The first-order chi connectivity index (χ1) is 14.0. The third-order valence-corrected chi connectivity index (χ3v) is 7.27. The summed E-state index contributed by atoms with van der Waals surface area (Å²) in [6, 6.07) is 7.26. The first-order valence-electron chi connectivity index (χ1n) is 12.0. The summed E-state index contributed by atoms with van der Waals surface area (Å²) in [4.78, 5) is 20.3. The van der Waals surface area contributed by atoms with Crippen molar-refractivity contribution < 1.29 is 4.79 Å². The van der Waals surface area contributed by atoms with E-state index < -0.39 is 5.41 Å². The Morgan fingerprint density at radius 2 is 1.66 bits per heavy atom. The molecular formula is C25H41N3O. The fourth-order valence-electron chi connectivity index (χ4n) is 5.84. The van der Waals surface area contributed by atoms with E-state index in [1.165, 1.54) is 64.2 Å². The van der Waals surface area contributed by atoms with Crippen LogP contribution < -0.4 is 5.73 Å². The lowest BCUT2D eigenvalue weighted by atomic mass is 9.73. The van der Waals surface area contributed by atoms with Crippen molar-refractivity contribution in [2.45, 2.75) is 108 Å². The van der Waals surface area contributed by atoms with Crippen LogP contribution in [-0.2, 0) is 10.2 Å². The smallest absolute Gasteiger partial charge is 0.229 e. The summed E-state index contributed by atoms with van der Waals surface area (Å²) in [7, 11) is 0. The largest absolute Gasteiger partial charge is 0.369 e. The van der Waals surface area contributed by atoms with E-state index in [-0.39, 0.29) is 5.91 Å². The molecule has 1 amide bonds. The molecule has 1 aromatic rings. The Hall–Kier alpha value is -1.42. The molecule has 1 aromatic heterocycles. The zero-order valence-electron chi connectivity index (χ0n) is 18.6. The molecule has 1 unspecified atom stereocenters. The molecule has 29 heavy (non-hydrogen) atoms. The van der Waals surface area contributed by atoms with Gasteiger partial charge in [-0.2, -0.15) is 0 Å². The molecule has 1 atom stereocenters. The Morgan fingerprint density at radius 3 is 2.10 bits per heavy atom. The van der Waals surface area contributed by atoms with Gasteiger partial charge in [0.25, 0.3) is 0 Å². The van der Waals surface area contributed by atoms with Crippen LogP contribution in [0.2, 0.25) is 0 Å². The highest BCUT2D eigenvalue weighted by Gasteiger charge is 2.41. The van der Waals surface area contributed by atoms with Crippen LogP contribution in [0.15, 0.2) is 24.4 Å². The minimum Gasteiger partial charge on any atom is -0.369 e. The second-order valence-electron chi connectivity index (χ2n) is 9.83. The summed E-state index contributed by atoms with van der Waals surface area (Å²) in [6.07, 6.45) is 16.7. The van der Waals surface area contributed by atoms with Gasteiger partial charge in [-0.25, -0.2) is 0 Å². The number of aromatic nitrogens is 1. The predicted octanol–water partition coefficient (Wildman–Crippen LogP) is 5.21. The van der Waals surface area contributed by atoms with E-state index in [1.54, 1.807) is 6.20 Å². The monoisotopic (exact) mass is 399 g/mol. The van der Waals surface area contributed by atoms with Crippen LogP contribution in [0.5, 0.6) is 0 Å². The summed E-state index contributed by atoms with van der Waals surface area (Å²) < 4.78 is 0. The van der Waals surface area contributed by atoms with Crippen LogP contribution >= 0.6 is 0 Å². The fourth-order valence-corrected chi connectivity index (χ4v) is 5.84. The fraction of sp³-hybridized carbons (Fsp3) is 0.760. The lowest BCUT2D eigenvalue weighted by Gasteiger charge is -2.43. The first kappa shape index (κ1) is 22.3. The van der Waals surface area contributed by atoms with E-state index in [0.29, 0.717) is 18.0 Å². The summed E-state index contributed by atoms with van der Waals surface area (Å²) in [5.41, 5.74) is 6.28. The van der Waals surface area contributed by atoms with Crippen molar-refractivity contribution in [3.8, 4) is 0 Å². The van der Waals surface area contributed by atoms with E-state index in [2.05, 4.69) is 23.7 Å². The molecule has 0 radical (unpaired) electrons. The van der Waals surface area contributed by atoms with E-state index in [9.17, 15) is 4.79 Å². The maximum Gasteiger partial charge on any atom is 0.229 e. The van der Waals surface area contributed by atoms with Gasteiger partial charge < -0.3 is 5.73 Å². The van der Waals surface area contributed by atoms with Crippen molar-refractivity contribution in [2.75, 3.05) is 6.54 Å². The molecule has 3 rings (SSSR count). The quantitative estimate of drug-likeness (QED) is 0.620. The number of carbonyl (C=O) groups is 1. The van der Waals surface area contributed by atoms with Gasteiger partial charge in [-0.05, 0) is 56.6 Å². The number of rotatable bonds is 9. The van der Waals surface area contributed by atoms with Crippen LogP contribution in [0.25, 0.3) is 0 Å². The van der Waals surface area contributed by atoms with E-state index in [4.69, 9.17) is 5.73 Å². The third-order valence-electron chi connectivity index (χ3n) is 7.27. The van der Waals surface area contributed by atoms with Gasteiger partial charge in [0.15, 0.2) is 0 Å². The lowest BCUT2D eigenvalue weighted by Crippen LogP contribution is -2.50. The standard InChI is InChI=1S/C25H41N3O/c1-20(2)19-25(24(26)29,23-15-9-10-17-27-23)16-18-28(21-11-5-3-6-12-21)22-13-7-4-8-14-22/h9-10,15,17,20-22H,3-8,11-14,16,18-19H2,1-2H3,(H2,26,29). The molecule has 4 nitrogen and oxygen atoms in total. The zero-order valence-corrected chi connectivity index (χ0v) is 18.6. The van der Waals surface area contributed by atoms with Crippen molar-refractivity contribution in [1.82, 2.24) is 9.88 Å². The molecule has 2 aliphatic carbocycles. The minimum atomic E-state index is -0.670. The van der Waals surface area contributed by atoms with Crippen LogP contribution in [0.3, 0.4) is 0 Å². The Kier molecular flexibility index (Phi) is 8.11. The molecule has 2 saturated carbocycles. The summed E-state index contributed by atoms with van der Waals surface area (Å²) >= 11 is 0. The Bertz CT molecular complexity index is 602. The van der Waals surface area contributed by atoms with Crippen molar-refractivity contribution in [3.05, 3.63) is 30.1 Å². The van der Waals surface area contributed by atoms with Gasteiger partial charge in [-0.15, -0.1) is 0 Å². The Labute approximate surface area is 177 Å². The van der Waals surface area contributed by atoms with Gasteiger partial charge in [0.2, 0.25) is 5.91 Å². The van der Waals surface area contributed by atoms with Crippen molar-refractivity contribution in [1.29, 1.82) is 0 Å². The van der Waals surface area contributed by atoms with Gasteiger partial charge in [-0.1, -0.05) is 58.4 Å². The molecule has 0 saturated heterocycles. The molecule has 1 heterocycles. The SMILES string of the molecule is CC(C)CC(CCN(C1CCCCC1)C1CCCCC1)(C(N)=O)c1ccccn1. The van der Waals surface area contributed by atoms with E-state index >= 15 is 0 Å². The zero-order chi connectivity index (χ0) is 20.7. The highest BCUT2D eigenvalue weighted by atomic mass is 16.1. The number of nitrogens with zero attached hydrogens (tertiary/aromatic N) is 2. The number of amides is 1. The van der Waals surface area contributed by atoms with Crippen molar-refractivity contribution in [2.24, 2.45) is 11.7 Å². The number of hydrogen-bond acceptors (Lipinski definition) is 3. The second kappa shape index (κ2) is 10.6. The summed E-state index contributed by atoms with van der Waals surface area (Å²) in [5.74, 6) is 0.180. The molecular weight excluding hydrogens is 358 g/mol. The van der Waals surface area contributed by atoms with Crippen LogP contribution in [0, 0.1) is 5.92 Å². The van der Waals surface area contributed by atoms with Gasteiger partial charge in [0.1, 0.15) is 0 Å². The lowest BCUT2D eigenvalue weighted by molar-refractivity contribution is -0.125. The highest BCUT2D eigenvalue weighted by molar-refractivity contribution is 5.86. The van der Waals surface area contributed by atoms with E-state index in [1.807, 2.05) is 18.2 Å². The molecule has 0 aromatic carbocycles. The number of carbonyl (C=O) groups excluding carboxylic acids is 1. The molecule has 4 heteroatoms. The number of primary amides is 1. The number of nitrogens with two attached hydrogens (primary N) is 1. The van der Waals surface area contributed by atoms with E-state index in [0.717, 1.165) is 25.1 Å². The average molecular weight is 400 g/mol. The van der Waals surface area contributed by atoms with Crippen LogP contribution in [0.4, 0.5) is 0 Å². The minimum absolute atomic E-state index is 0.211. The normalized spacial score (nSPS) is 21.4. The van der Waals surface area contributed by atoms with Gasteiger partial charge in [0.05, 0.1) is 11.1 Å². The average Bonchev–Trinajstić information content (AvgIpc) is 2.75. The highest BCUT2D eigenvalue weighted by Crippen LogP contribution is 2.36. The van der Waals surface area contributed by atoms with Crippen molar-refractivity contribution >= 4 is 5.91 Å². The first-order valence-corrected chi connectivity index (χ1v) is 12.0. The Morgan fingerprint density at radius 1 is 1.07 bits per heavy atom. The maximum atomic E-state index is 12.9. The molecule has 162 valence electrons. The molecule has 0 spiro atoms. The molecule has 2 N–H and O–H groups in total. The molecule has 0 bridgehead atoms. The molecule has 2 aliphatic rings. The van der Waals surface area contributed by atoms with Gasteiger partial charge in [-0.3, -0.25) is 14.7 Å². The summed E-state index contributed by atoms with van der Waals surface area (Å²) in [5, 5.41) is 0. The number of pyridine rings is 1. The predicted molar refractivity (Wildman–Crippen MR) is 120 cm³/mol. The van der Waals surface area contributed by atoms with Crippen LogP contribution in [0.1, 0.15) is 96.6 Å². The molecule has 2 fully saturated rings.